The van der Waals surface area contributed by atoms with Crippen molar-refractivity contribution in [3.05, 3.63) is 35.1 Å². The van der Waals surface area contributed by atoms with E-state index in [1.807, 2.05) is 6.92 Å². The van der Waals surface area contributed by atoms with Crippen molar-refractivity contribution < 1.29 is 4.39 Å². The van der Waals surface area contributed by atoms with Gasteiger partial charge in [-0.25, -0.2) is 4.39 Å². The molecule has 0 saturated carbocycles. The molecule has 0 amide bonds. The molecule has 0 saturated heterocycles. The van der Waals surface area contributed by atoms with Gasteiger partial charge in [-0.1, -0.05) is 52.0 Å². The van der Waals surface area contributed by atoms with Gasteiger partial charge < -0.3 is 0 Å². The Morgan fingerprint density at radius 3 is 2.33 bits per heavy atom. The first-order valence-electron chi connectivity index (χ1n) is 7.44. The Morgan fingerprint density at radius 1 is 0.944 bits per heavy atom. The molecule has 102 valence electrons. The molecule has 1 heteroatoms. The fourth-order valence-electron chi connectivity index (χ4n) is 2.64. The first kappa shape index (κ1) is 15.2. The second-order valence-electron chi connectivity index (χ2n) is 5.40. The first-order valence-corrected chi connectivity index (χ1v) is 7.44. The average molecular weight is 250 g/mol. The van der Waals surface area contributed by atoms with Crippen LogP contribution in [0.15, 0.2) is 18.2 Å². The molecular weight excluding hydrogens is 223 g/mol. The van der Waals surface area contributed by atoms with E-state index in [1.54, 1.807) is 12.1 Å². The summed E-state index contributed by atoms with van der Waals surface area (Å²) in [5.74, 6) is 0.459. The maximum atomic E-state index is 13.5. The Balaban J connectivity index is 2.64. The molecule has 0 nitrogen and oxygen atoms in total. The fraction of sp³-hybridized carbons (Fsp3) is 0.647. The van der Waals surface area contributed by atoms with Crippen molar-refractivity contribution in [3.63, 3.8) is 0 Å². The minimum atomic E-state index is -0.0836. The molecule has 1 rings (SSSR count). The summed E-state index contributed by atoms with van der Waals surface area (Å²) >= 11 is 0. The van der Waals surface area contributed by atoms with Crippen LogP contribution < -0.4 is 0 Å². The van der Waals surface area contributed by atoms with Crippen molar-refractivity contribution in [3.8, 4) is 0 Å². The molecule has 0 aliphatic heterocycles. The van der Waals surface area contributed by atoms with E-state index in [1.165, 1.54) is 50.5 Å². The summed E-state index contributed by atoms with van der Waals surface area (Å²) in [6.07, 6.45) is 8.73. The van der Waals surface area contributed by atoms with Gasteiger partial charge in [0.25, 0.3) is 0 Å². The van der Waals surface area contributed by atoms with E-state index in [2.05, 4.69) is 19.9 Å². The van der Waals surface area contributed by atoms with Crippen LogP contribution in [0.25, 0.3) is 0 Å². The highest BCUT2D eigenvalue weighted by atomic mass is 19.1. The van der Waals surface area contributed by atoms with E-state index in [0.717, 1.165) is 5.56 Å². The standard InChI is InChI=1S/C17H27F/c1-4-6-7-8-10-15(9-5-2)16-11-14(3)12-17(18)13-16/h11-13,15H,4-10H2,1-3H3. The zero-order valence-corrected chi connectivity index (χ0v) is 12.1. The summed E-state index contributed by atoms with van der Waals surface area (Å²) < 4.78 is 13.5. The zero-order valence-electron chi connectivity index (χ0n) is 12.1. The van der Waals surface area contributed by atoms with Gasteiger partial charge >= 0.3 is 0 Å². The van der Waals surface area contributed by atoms with Crippen molar-refractivity contribution >= 4 is 0 Å². The largest absolute Gasteiger partial charge is 0.207 e. The molecule has 0 heterocycles. The highest BCUT2D eigenvalue weighted by molar-refractivity contribution is 5.26. The van der Waals surface area contributed by atoms with Gasteiger partial charge in [0.05, 0.1) is 0 Å². The minimum Gasteiger partial charge on any atom is -0.207 e. The summed E-state index contributed by atoms with van der Waals surface area (Å²) in [4.78, 5) is 0. The molecule has 0 aromatic heterocycles. The Labute approximate surface area is 112 Å². The highest BCUT2D eigenvalue weighted by Gasteiger charge is 2.11. The quantitative estimate of drug-likeness (QED) is 0.497. The van der Waals surface area contributed by atoms with Gasteiger partial charge in [-0.3, -0.25) is 0 Å². The van der Waals surface area contributed by atoms with Gasteiger partial charge in [-0.05, 0) is 48.9 Å². The summed E-state index contributed by atoms with van der Waals surface area (Å²) in [6, 6.07) is 5.50. The van der Waals surface area contributed by atoms with Crippen LogP contribution in [0.1, 0.15) is 75.8 Å². The van der Waals surface area contributed by atoms with E-state index in [9.17, 15) is 4.39 Å². The lowest BCUT2D eigenvalue weighted by molar-refractivity contribution is 0.517. The number of hydrogen-bond acceptors (Lipinski definition) is 0. The van der Waals surface area contributed by atoms with Crippen LogP contribution in [0.5, 0.6) is 0 Å². The normalized spacial score (nSPS) is 12.7. The molecular formula is C17H27F. The SMILES string of the molecule is CCCCCCC(CCC)c1cc(C)cc(F)c1. The molecule has 18 heavy (non-hydrogen) atoms. The molecule has 0 aliphatic rings. The van der Waals surface area contributed by atoms with Crippen LogP contribution in [-0.4, -0.2) is 0 Å². The predicted octanol–water partition coefficient (Wildman–Crippen LogP) is 5.99. The Morgan fingerprint density at radius 2 is 1.72 bits per heavy atom. The molecule has 1 aromatic rings. The molecule has 1 unspecified atom stereocenters. The topological polar surface area (TPSA) is 0 Å². The lowest BCUT2D eigenvalue weighted by Gasteiger charge is -2.17. The van der Waals surface area contributed by atoms with E-state index < -0.39 is 0 Å². The summed E-state index contributed by atoms with van der Waals surface area (Å²) in [7, 11) is 0. The molecule has 0 radical (unpaired) electrons. The summed E-state index contributed by atoms with van der Waals surface area (Å²) in [5.41, 5.74) is 2.24. The predicted molar refractivity (Wildman–Crippen MR) is 77.5 cm³/mol. The van der Waals surface area contributed by atoms with Crippen molar-refractivity contribution in [2.24, 2.45) is 0 Å². The molecule has 1 atom stereocenters. The third-order valence-electron chi connectivity index (χ3n) is 3.58. The Kier molecular flexibility index (Phi) is 7.00. The van der Waals surface area contributed by atoms with Gasteiger partial charge in [0, 0.05) is 0 Å². The Hall–Kier alpha value is -0.850. The monoisotopic (exact) mass is 250 g/mol. The molecule has 0 fully saturated rings. The van der Waals surface area contributed by atoms with E-state index in [4.69, 9.17) is 0 Å². The Bertz CT molecular complexity index is 323. The maximum Gasteiger partial charge on any atom is 0.123 e. The van der Waals surface area contributed by atoms with Gasteiger partial charge in [-0.15, -0.1) is 0 Å². The smallest absolute Gasteiger partial charge is 0.123 e. The van der Waals surface area contributed by atoms with Gasteiger partial charge in [0.15, 0.2) is 0 Å². The van der Waals surface area contributed by atoms with E-state index in [0.29, 0.717) is 5.92 Å². The van der Waals surface area contributed by atoms with Crippen molar-refractivity contribution in [2.75, 3.05) is 0 Å². The lowest BCUT2D eigenvalue weighted by Crippen LogP contribution is -2.00. The molecule has 0 bridgehead atoms. The molecule has 1 aromatic carbocycles. The number of rotatable bonds is 8. The van der Waals surface area contributed by atoms with Gasteiger partial charge in [-0.2, -0.15) is 0 Å². The number of halogens is 1. The number of unbranched alkanes of at least 4 members (excludes halogenated alkanes) is 3. The van der Waals surface area contributed by atoms with Crippen LogP contribution in [0.3, 0.4) is 0 Å². The molecule has 0 aliphatic carbocycles. The van der Waals surface area contributed by atoms with E-state index >= 15 is 0 Å². The van der Waals surface area contributed by atoms with Gasteiger partial charge in [0.2, 0.25) is 0 Å². The minimum absolute atomic E-state index is 0.0836. The lowest BCUT2D eigenvalue weighted by atomic mass is 9.88. The highest BCUT2D eigenvalue weighted by Crippen LogP contribution is 2.28. The second kappa shape index (κ2) is 8.29. The number of benzene rings is 1. The number of aryl methyl sites for hydroxylation is 1. The van der Waals surface area contributed by atoms with Crippen molar-refractivity contribution in [1.29, 1.82) is 0 Å². The third-order valence-corrected chi connectivity index (χ3v) is 3.58. The zero-order chi connectivity index (χ0) is 13.4. The maximum absolute atomic E-state index is 13.5. The third kappa shape index (κ3) is 5.20. The van der Waals surface area contributed by atoms with Crippen molar-refractivity contribution in [1.82, 2.24) is 0 Å². The van der Waals surface area contributed by atoms with Crippen LogP contribution in [-0.2, 0) is 0 Å². The van der Waals surface area contributed by atoms with Gasteiger partial charge in [0.1, 0.15) is 5.82 Å². The van der Waals surface area contributed by atoms with Crippen LogP contribution >= 0.6 is 0 Å². The van der Waals surface area contributed by atoms with Crippen LogP contribution in [0, 0.1) is 12.7 Å². The summed E-state index contributed by atoms with van der Waals surface area (Å²) in [5, 5.41) is 0. The van der Waals surface area contributed by atoms with E-state index in [-0.39, 0.29) is 5.82 Å². The average Bonchev–Trinajstić information content (AvgIpc) is 2.32. The summed E-state index contributed by atoms with van der Waals surface area (Å²) in [6.45, 7) is 6.43. The number of hydrogen-bond donors (Lipinski definition) is 0. The van der Waals surface area contributed by atoms with Crippen LogP contribution in [0.4, 0.5) is 4.39 Å². The fourth-order valence-corrected chi connectivity index (χ4v) is 2.64. The van der Waals surface area contributed by atoms with Crippen LogP contribution in [0.2, 0.25) is 0 Å². The first-order chi connectivity index (χ1) is 8.67. The molecule has 0 spiro atoms. The van der Waals surface area contributed by atoms with Crippen molar-refractivity contribution in [2.45, 2.75) is 71.6 Å². The second-order valence-corrected chi connectivity index (χ2v) is 5.40. The molecule has 0 N–H and O–H groups in total.